The lowest BCUT2D eigenvalue weighted by atomic mass is 10.1. The molecule has 1 aromatic carbocycles. The van der Waals surface area contributed by atoms with E-state index in [-0.39, 0.29) is 16.1 Å². The molecule has 6 nitrogen and oxygen atoms in total. The first-order chi connectivity index (χ1) is 8.59. The van der Waals surface area contributed by atoms with Gasteiger partial charge < -0.3 is 10.4 Å². The van der Waals surface area contributed by atoms with Crippen LogP contribution in [0.3, 0.4) is 0 Å². The number of hydrogen-bond donors (Lipinski definition) is 2. The average Bonchev–Trinajstić information content (AvgIpc) is 2.85. The van der Waals surface area contributed by atoms with Crippen LogP contribution in [0.2, 0.25) is 0 Å². The summed E-state index contributed by atoms with van der Waals surface area (Å²) in [5.74, 6) is -2.80. The van der Waals surface area contributed by atoms with Gasteiger partial charge in [-0.05, 0) is 23.7 Å². The highest BCUT2D eigenvalue weighted by Crippen LogP contribution is 2.21. The van der Waals surface area contributed by atoms with Crippen molar-refractivity contribution < 1.29 is 19.1 Å². The number of para-hydroxylation sites is 1. The Hall–Kier alpha value is -2.35. The van der Waals surface area contributed by atoms with Gasteiger partial charge in [0.2, 0.25) is 0 Å². The van der Waals surface area contributed by atoms with Crippen molar-refractivity contribution in [1.82, 2.24) is 9.59 Å². The van der Waals surface area contributed by atoms with E-state index >= 15 is 0 Å². The molecule has 0 fully saturated rings. The third-order valence-electron chi connectivity index (χ3n) is 2.07. The molecular weight excluding hydrogens is 261 g/mol. The smallest absolute Gasteiger partial charge is 0.337 e. The molecule has 1 heterocycles. The Morgan fingerprint density at radius 2 is 2.17 bits per heavy atom. The highest BCUT2D eigenvalue weighted by Gasteiger charge is 2.18. The molecule has 2 N–H and O–H groups in total. The summed E-state index contributed by atoms with van der Waals surface area (Å²) in [6.45, 7) is 0. The van der Waals surface area contributed by atoms with Crippen LogP contribution in [0.25, 0.3) is 0 Å². The van der Waals surface area contributed by atoms with Crippen LogP contribution < -0.4 is 5.32 Å². The van der Waals surface area contributed by atoms with Crippen molar-refractivity contribution in [2.75, 3.05) is 5.32 Å². The van der Waals surface area contributed by atoms with E-state index in [9.17, 15) is 14.0 Å². The molecule has 0 saturated carbocycles. The largest absolute Gasteiger partial charge is 0.478 e. The molecule has 0 aliphatic rings. The van der Waals surface area contributed by atoms with E-state index < -0.39 is 17.7 Å². The minimum absolute atomic E-state index is 0.162. The summed E-state index contributed by atoms with van der Waals surface area (Å²) < 4.78 is 17.0. The number of aromatic carboxylic acids is 1. The number of rotatable bonds is 3. The van der Waals surface area contributed by atoms with Crippen LogP contribution in [0.15, 0.2) is 24.4 Å². The number of carboxylic acid groups (broad SMARTS) is 1. The maximum Gasteiger partial charge on any atom is 0.337 e. The Kier molecular flexibility index (Phi) is 3.28. The van der Waals surface area contributed by atoms with Gasteiger partial charge in [-0.1, -0.05) is 10.6 Å². The average molecular weight is 267 g/mol. The molecule has 0 atom stereocenters. The van der Waals surface area contributed by atoms with Crippen molar-refractivity contribution in [2.45, 2.75) is 0 Å². The number of nitrogens with zero attached hydrogens (tertiary/aromatic N) is 2. The third-order valence-corrected chi connectivity index (χ3v) is 2.73. The summed E-state index contributed by atoms with van der Waals surface area (Å²) >= 11 is 0.827. The van der Waals surface area contributed by atoms with E-state index in [1.165, 1.54) is 18.3 Å². The number of anilines is 1. The van der Waals surface area contributed by atoms with Crippen molar-refractivity contribution in [3.8, 4) is 0 Å². The maximum absolute atomic E-state index is 13.5. The Bertz CT molecular complexity index is 600. The van der Waals surface area contributed by atoms with E-state index in [0.717, 1.165) is 17.6 Å². The van der Waals surface area contributed by atoms with Gasteiger partial charge in [0.25, 0.3) is 5.91 Å². The van der Waals surface area contributed by atoms with E-state index in [2.05, 4.69) is 14.9 Å². The van der Waals surface area contributed by atoms with Gasteiger partial charge in [0.15, 0.2) is 0 Å². The normalized spacial score (nSPS) is 10.1. The number of carbonyl (C=O) groups is 2. The zero-order chi connectivity index (χ0) is 13.1. The van der Waals surface area contributed by atoms with Crippen LogP contribution in [0.1, 0.15) is 20.0 Å². The first-order valence-corrected chi connectivity index (χ1v) is 5.47. The molecule has 2 rings (SSSR count). The van der Waals surface area contributed by atoms with Crippen LogP contribution >= 0.6 is 11.5 Å². The molecular formula is C10H6FN3O3S. The number of aromatic nitrogens is 2. The van der Waals surface area contributed by atoms with Gasteiger partial charge in [-0.15, -0.1) is 5.10 Å². The van der Waals surface area contributed by atoms with Crippen molar-refractivity contribution in [3.05, 3.63) is 40.7 Å². The zero-order valence-electron chi connectivity index (χ0n) is 8.75. The topological polar surface area (TPSA) is 92.2 Å². The molecule has 1 amide bonds. The second kappa shape index (κ2) is 4.88. The van der Waals surface area contributed by atoms with E-state index in [1.54, 1.807) is 0 Å². The Labute approximate surface area is 104 Å². The summed E-state index contributed by atoms with van der Waals surface area (Å²) in [5, 5.41) is 14.6. The van der Waals surface area contributed by atoms with Gasteiger partial charge in [0, 0.05) is 0 Å². The van der Waals surface area contributed by atoms with Gasteiger partial charge in [0.1, 0.15) is 10.7 Å². The van der Waals surface area contributed by atoms with Crippen molar-refractivity contribution in [3.63, 3.8) is 0 Å². The highest BCUT2D eigenvalue weighted by atomic mass is 32.1. The van der Waals surface area contributed by atoms with Gasteiger partial charge >= 0.3 is 5.97 Å². The SMILES string of the molecule is O=C(Nc1c(F)cccc1C(=O)O)c1cnns1. The van der Waals surface area contributed by atoms with Crippen LogP contribution in [-0.4, -0.2) is 26.6 Å². The highest BCUT2D eigenvalue weighted by molar-refractivity contribution is 7.07. The van der Waals surface area contributed by atoms with Crippen LogP contribution in [-0.2, 0) is 0 Å². The van der Waals surface area contributed by atoms with E-state index in [1.807, 2.05) is 0 Å². The summed E-state index contributed by atoms with van der Waals surface area (Å²) in [4.78, 5) is 22.7. The molecule has 0 bridgehead atoms. The third kappa shape index (κ3) is 2.33. The minimum Gasteiger partial charge on any atom is -0.478 e. The van der Waals surface area contributed by atoms with Gasteiger partial charge in [-0.3, -0.25) is 4.79 Å². The van der Waals surface area contributed by atoms with E-state index in [4.69, 9.17) is 5.11 Å². The quantitative estimate of drug-likeness (QED) is 0.881. The lowest BCUT2D eigenvalue weighted by Crippen LogP contribution is -2.15. The fraction of sp³-hybridized carbons (Fsp3) is 0. The summed E-state index contributed by atoms with van der Waals surface area (Å²) in [6, 6.07) is 3.52. The first kappa shape index (κ1) is 12.1. The fourth-order valence-corrected chi connectivity index (χ4v) is 1.68. The molecule has 18 heavy (non-hydrogen) atoms. The number of benzene rings is 1. The number of nitrogens with one attached hydrogen (secondary N) is 1. The molecule has 8 heteroatoms. The molecule has 0 spiro atoms. The van der Waals surface area contributed by atoms with Crippen LogP contribution in [0.4, 0.5) is 10.1 Å². The molecule has 92 valence electrons. The van der Waals surface area contributed by atoms with Crippen molar-refractivity contribution >= 4 is 29.1 Å². The zero-order valence-corrected chi connectivity index (χ0v) is 9.57. The second-order valence-corrected chi connectivity index (χ2v) is 3.99. The Balaban J connectivity index is 2.34. The number of carbonyl (C=O) groups excluding carboxylic acids is 1. The molecule has 0 radical (unpaired) electrons. The molecule has 0 aliphatic carbocycles. The van der Waals surface area contributed by atoms with Crippen LogP contribution in [0, 0.1) is 5.82 Å². The fourth-order valence-electron chi connectivity index (χ4n) is 1.27. The lowest BCUT2D eigenvalue weighted by molar-refractivity contribution is 0.0697. The lowest BCUT2D eigenvalue weighted by Gasteiger charge is -2.07. The monoisotopic (exact) mass is 267 g/mol. The maximum atomic E-state index is 13.5. The predicted octanol–water partition coefficient (Wildman–Crippen LogP) is 1.63. The summed E-state index contributed by atoms with van der Waals surface area (Å²) in [6.07, 6.45) is 1.21. The van der Waals surface area contributed by atoms with Crippen molar-refractivity contribution in [2.24, 2.45) is 0 Å². The summed E-state index contributed by atoms with van der Waals surface area (Å²) in [5.41, 5.74) is -0.691. The number of hydrogen-bond acceptors (Lipinski definition) is 5. The van der Waals surface area contributed by atoms with Gasteiger partial charge in [-0.25, -0.2) is 9.18 Å². The predicted molar refractivity (Wildman–Crippen MR) is 61.2 cm³/mol. The molecule has 0 aliphatic heterocycles. The molecule has 1 aromatic heterocycles. The summed E-state index contributed by atoms with van der Waals surface area (Å²) in [7, 11) is 0. The van der Waals surface area contributed by atoms with Gasteiger partial charge in [-0.2, -0.15) is 0 Å². The van der Waals surface area contributed by atoms with Crippen LogP contribution in [0.5, 0.6) is 0 Å². The standard InChI is InChI=1S/C10H6FN3O3S/c11-6-3-1-2-5(10(16)17)8(6)13-9(15)7-4-12-14-18-7/h1-4H,(H,13,15)(H,16,17). The van der Waals surface area contributed by atoms with Gasteiger partial charge in [0.05, 0.1) is 17.4 Å². The molecule has 0 unspecified atom stereocenters. The second-order valence-electron chi connectivity index (χ2n) is 3.20. The van der Waals surface area contributed by atoms with Crippen molar-refractivity contribution in [1.29, 1.82) is 0 Å². The Morgan fingerprint density at radius 3 is 2.78 bits per heavy atom. The number of amides is 1. The first-order valence-electron chi connectivity index (χ1n) is 4.70. The number of carboxylic acids is 1. The molecule has 2 aromatic rings. The van der Waals surface area contributed by atoms with E-state index in [0.29, 0.717) is 0 Å². The Morgan fingerprint density at radius 1 is 1.39 bits per heavy atom. The number of halogens is 1. The minimum atomic E-state index is -1.33. The molecule has 0 saturated heterocycles.